The van der Waals surface area contributed by atoms with Crippen molar-refractivity contribution in [3.63, 3.8) is 0 Å². The quantitative estimate of drug-likeness (QED) is 0.575. The Hall–Kier alpha value is -3.55. The Labute approximate surface area is 175 Å². The third kappa shape index (κ3) is 5.08. The number of rotatable bonds is 9. The van der Waals surface area contributed by atoms with Gasteiger partial charge in [-0.15, -0.1) is 0 Å². The monoisotopic (exact) mass is 411 g/mol. The summed E-state index contributed by atoms with van der Waals surface area (Å²) in [6.45, 7) is 3.98. The van der Waals surface area contributed by atoms with Crippen molar-refractivity contribution in [2.24, 2.45) is 0 Å². The first-order valence-corrected chi connectivity index (χ1v) is 9.60. The second-order valence-corrected chi connectivity index (χ2v) is 6.62. The summed E-state index contributed by atoms with van der Waals surface area (Å²) >= 11 is 0. The molecule has 0 aliphatic carbocycles. The van der Waals surface area contributed by atoms with Crippen LogP contribution in [0.4, 0.5) is 0 Å². The minimum Gasteiger partial charge on any atom is -0.497 e. The number of aromatic nitrogens is 2. The molecule has 0 aliphatic heterocycles. The van der Waals surface area contributed by atoms with E-state index in [9.17, 15) is 4.79 Å². The lowest BCUT2D eigenvalue weighted by molar-refractivity contribution is -0.128. The van der Waals surface area contributed by atoms with Gasteiger partial charge in [-0.1, -0.05) is 29.8 Å². The van der Waals surface area contributed by atoms with Crippen molar-refractivity contribution in [3.8, 4) is 28.6 Å². The first-order chi connectivity index (χ1) is 14.5. The van der Waals surface area contributed by atoms with Gasteiger partial charge in [-0.2, -0.15) is 4.98 Å². The Balaban J connectivity index is 1.63. The highest BCUT2D eigenvalue weighted by atomic mass is 16.5. The Morgan fingerprint density at radius 3 is 2.50 bits per heavy atom. The van der Waals surface area contributed by atoms with Gasteiger partial charge in [0, 0.05) is 6.07 Å². The van der Waals surface area contributed by atoms with Crippen molar-refractivity contribution in [2.45, 2.75) is 32.9 Å². The van der Waals surface area contributed by atoms with Crippen LogP contribution >= 0.6 is 0 Å². The molecule has 158 valence electrons. The molecule has 0 radical (unpaired) electrons. The van der Waals surface area contributed by atoms with Crippen LogP contribution in [0.15, 0.2) is 47.0 Å². The van der Waals surface area contributed by atoms with Gasteiger partial charge in [-0.05, 0) is 37.6 Å². The van der Waals surface area contributed by atoms with E-state index in [1.807, 2.05) is 38.1 Å². The Bertz CT molecular complexity index is 985. The third-order valence-corrected chi connectivity index (χ3v) is 4.49. The maximum absolute atomic E-state index is 12.5. The fraction of sp³-hybridized carbons (Fsp3) is 0.318. The van der Waals surface area contributed by atoms with E-state index < -0.39 is 6.10 Å². The molecule has 2 aromatic carbocycles. The van der Waals surface area contributed by atoms with Crippen molar-refractivity contribution in [1.82, 2.24) is 15.5 Å². The molecule has 0 aliphatic rings. The second-order valence-electron chi connectivity index (χ2n) is 6.62. The summed E-state index contributed by atoms with van der Waals surface area (Å²) in [6, 6.07) is 12.9. The van der Waals surface area contributed by atoms with Gasteiger partial charge < -0.3 is 24.1 Å². The van der Waals surface area contributed by atoms with Crippen LogP contribution in [-0.2, 0) is 11.3 Å². The minimum atomic E-state index is -0.614. The highest BCUT2D eigenvalue weighted by Crippen LogP contribution is 2.31. The molecule has 1 amide bonds. The van der Waals surface area contributed by atoms with E-state index in [2.05, 4.69) is 15.5 Å². The number of hydrogen-bond acceptors (Lipinski definition) is 7. The van der Waals surface area contributed by atoms with Crippen LogP contribution in [0.5, 0.6) is 17.2 Å². The predicted molar refractivity (Wildman–Crippen MR) is 111 cm³/mol. The van der Waals surface area contributed by atoms with Gasteiger partial charge in [0.1, 0.15) is 17.2 Å². The second kappa shape index (κ2) is 9.78. The summed E-state index contributed by atoms with van der Waals surface area (Å²) in [5, 5.41) is 6.76. The van der Waals surface area contributed by atoms with Crippen molar-refractivity contribution >= 4 is 5.91 Å². The van der Waals surface area contributed by atoms with Crippen LogP contribution in [0.25, 0.3) is 11.4 Å². The van der Waals surface area contributed by atoms with E-state index in [4.69, 9.17) is 18.7 Å². The van der Waals surface area contributed by atoms with Gasteiger partial charge >= 0.3 is 0 Å². The van der Waals surface area contributed by atoms with Gasteiger partial charge in [0.2, 0.25) is 11.7 Å². The molecule has 8 nitrogen and oxygen atoms in total. The summed E-state index contributed by atoms with van der Waals surface area (Å²) in [4.78, 5) is 16.8. The Morgan fingerprint density at radius 1 is 1.10 bits per heavy atom. The molecule has 0 spiro atoms. The number of nitrogens with one attached hydrogen (secondary N) is 1. The molecule has 0 saturated heterocycles. The molecule has 0 fully saturated rings. The maximum Gasteiger partial charge on any atom is 0.261 e. The van der Waals surface area contributed by atoms with E-state index >= 15 is 0 Å². The van der Waals surface area contributed by atoms with E-state index in [1.54, 1.807) is 32.4 Å². The molecule has 30 heavy (non-hydrogen) atoms. The van der Waals surface area contributed by atoms with Crippen LogP contribution in [0.3, 0.4) is 0 Å². The molecule has 0 saturated carbocycles. The predicted octanol–water partition coefficient (Wildman–Crippen LogP) is 3.54. The zero-order valence-electron chi connectivity index (χ0n) is 17.5. The molecule has 3 rings (SSSR count). The molecule has 0 unspecified atom stereocenters. The molecular formula is C22H25N3O5. The molecule has 3 aromatic rings. The Kier molecular flexibility index (Phi) is 6.90. The highest BCUT2D eigenvalue weighted by molar-refractivity contribution is 5.81. The largest absolute Gasteiger partial charge is 0.497 e. The number of carbonyl (C=O) groups is 1. The standard InChI is InChI=1S/C22H25N3O5/c1-5-18(29-15-8-6-14(2)7-9-15)22(26)23-13-20-24-21(25-30-20)17-11-10-16(27-3)12-19(17)28-4/h6-12,18H,5,13H2,1-4H3,(H,23,26)/t18-/m1/s1. The number of methoxy groups -OCH3 is 2. The smallest absolute Gasteiger partial charge is 0.261 e. The van der Waals surface area contributed by atoms with Crippen LogP contribution in [0.1, 0.15) is 24.8 Å². The number of aryl methyl sites for hydroxylation is 1. The lowest BCUT2D eigenvalue weighted by Gasteiger charge is -2.16. The summed E-state index contributed by atoms with van der Waals surface area (Å²) in [5.74, 6) is 2.26. The average molecular weight is 411 g/mol. The zero-order chi connectivity index (χ0) is 21.5. The van der Waals surface area contributed by atoms with Crippen LogP contribution in [0.2, 0.25) is 0 Å². The van der Waals surface area contributed by atoms with Gasteiger partial charge in [0.25, 0.3) is 5.91 Å². The lowest BCUT2D eigenvalue weighted by atomic mass is 10.2. The fourth-order valence-corrected chi connectivity index (χ4v) is 2.80. The third-order valence-electron chi connectivity index (χ3n) is 4.49. The lowest BCUT2D eigenvalue weighted by Crippen LogP contribution is -2.37. The summed E-state index contributed by atoms with van der Waals surface area (Å²) < 4.78 is 21.6. The number of amides is 1. The first kappa shape index (κ1) is 21.2. The summed E-state index contributed by atoms with van der Waals surface area (Å²) in [5.41, 5.74) is 1.79. The summed E-state index contributed by atoms with van der Waals surface area (Å²) in [6.07, 6.45) is -0.0885. The minimum absolute atomic E-state index is 0.0953. The fourth-order valence-electron chi connectivity index (χ4n) is 2.80. The first-order valence-electron chi connectivity index (χ1n) is 9.60. The number of nitrogens with zero attached hydrogens (tertiary/aromatic N) is 2. The van der Waals surface area contributed by atoms with Crippen molar-refractivity contribution < 1.29 is 23.5 Å². The van der Waals surface area contributed by atoms with Gasteiger partial charge in [-0.25, -0.2) is 0 Å². The van der Waals surface area contributed by atoms with Crippen LogP contribution in [-0.4, -0.2) is 36.4 Å². The van der Waals surface area contributed by atoms with E-state index in [0.29, 0.717) is 35.1 Å². The average Bonchev–Trinajstić information content (AvgIpc) is 3.25. The number of benzene rings is 2. The number of ether oxygens (including phenoxy) is 3. The SMILES string of the molecule is CC[C@@H](Oc1ccc(C)cc1)C(=O)NCc1nc(-c2ccc(OC)cc2OC)no1. The maximum atomic E-state index is 12.5. The highest BCUT2D eigenvalue weighted by Gasteiger charge is 2.20. The molecule has 1 N–H and O–H groups in total. The Morgan fingerprint density at radius 2 is 1.83 bits per heavy atom. The van der Waals surface area contributed by atoms with E-state index in [-0.39, 0.29) is 18.3 Å². The van der Waals surface area contributed by atoms with Gasteiger partial charge in [0.05, 0.1) is 26.3 Å². The van der Waals surface area contributed by atoms with Crippen molar-refractivity contribution in [3.05, 3.63) is 53.9 Å². The van der Waals surface area contributed by atoms with Gasteiger partial charge in [0.15, 0.2) is 6.10 Å². The number of hydrogen-bond donors (Lipinski definition) is 1. The van der Waals surface area contributed by atoms with E-state index in [1.165, 1.54) is 0 Å². The normalized spacial score (nSPS) is 11.6. The zero-order valence-corrected chi connectivity index (χ0v) is 17.5. The molecule has 1 heterocycles. The molecule has 1 atom stereocenters. The molecule has 8 heteroatoms. The topological polar surface area (TPSA) is 95.7 Å². The van der Waals surface area contributed by atoms with Gasteiger partial charge in [-0.3, -0.25) is 4.79 Å². The summed E-state index contributed by atoms with van der Waals surface area (Å²) in [7, 11) is 3.13. The van der Waals surface area contributed by atoms with Crippen LogP contribution < -0.4 is 19.5 Å². The van der Waals surface area contributed by atoms with Crippen LogP contribution in [0, 0.1) is 6.92 Å². The van der Waals surface area contributed by atoms with Crippen molar-refractivity contribution in [2.75, 3.05) is 14.2 Å². The van der Waals surface area contributed by atoms with Crippen molar-refractivity contribution in [1.29, 1.82) is 0 Å². The van der Waals surface area contributed by atoms with E-state index in [0.717, 1.165) is 5.56 Å². The molecular weight excluding hydrogens is 386 g/mol. The number of carbonyl (C=O) groups excluding carboxylic acids is 1. The molecule has 0 bridgehead atoms. The molecule has 1 aromatic heterocycles.